The summed E-state index contributed by atoms with van der Waals surface area (Å²) in [5.74, 6) is 1.96. The second-order valence-corrected chi connectivity index (χ2v) is 26.0. The number of imidazole rings is 1. The fourth-order valence-corrected chi connectivity index (χ4v) is 10.6. The number of hydrogen-bond acceptors (Lipinski definition) is 4. The maximum Gasteiger partial charge on any atom is 0.121 e. The van der Waals surface area contributed by atoms with Crippen LogP contribution in [-0.4, -0.2) is 27.6 Å². The van der Waals surface area contributed by atoms with Crippen LogP contribution < -0.4 is 5.19 Å². The molecule has 0 amide bonds. The van der Waals surface area contributed by atoms with Crippen LogP contribution in [0.2, 0.25) is 19.6 Å². The van der Waals surface area contributed by atoms with Gasteiger partial charge < -0.3 is 8.98 Å². The van der Waals surface area contributed by atoms with Crippen molar-refractivity contribution in [2.24, 2.45) is 0 Å². The fourth-order valence-electron chi connectivity index (χ4n) is 9.43. The third kappa shape index (κ3) is 9.19. The van der Waals surface area contributed by atoms with E-state index in [1.807, 2.05) is 12.1 Å². The van der Waals surface area contributed by atoms with Gasteiger partial charge in [0.2, 0.25) is 0 Å². The summed E-state index contributed by atoms with van der Waals surface area (Å²) in [6.07, 6.45) is 1.72. The predicted octanol–water partition coefficient (Wildman–Crippen LogP) is 16.7. The monoisotopic (exact) mass is 1110 g/mol. The normalized spacial score (nSPS) is 12.9. The molecule has 0 N–H and O–H groups in total. The molecule has 0 aliphatic rings. The van der Waals surface area contributed by atoms with Crippen LogP contribution in [0, 0.1) is 19.0 Å². The second-order valence-electron chi connectivity index (χ2n) is 21.0. The molecule has 7 heteroatoms. The summed E-state index contributed by atoms with van der Waals surface area (Å²) < 4.78 is 31.4. The van der Waals surface area contributed by atoms with Crippen molar-refractivity contribution >= 4 is 67.8 Å². The van der Waals surface area contributed by atoms with Gasteiger partial charge >= 0.3 is 0 Å². The molecule has 3 aromatic heterocycles. The fraction of sp³-hybridized carbons (Fsp3) is 0.222. The van der Waals surface area contributed by atoms with Crippen LogP contribution >= 0.6 is 0 Å². The summed E-state index contributed by atoms with van der Waals surface area (Å²) in [6, 6.07) is 57.5. The van der Waals surface area contributed by atoms with Crippen molar-refractivity contribution in [1.29, 1.82) is 0 Å². The van der Waals surface area contributed by atoms with Gasteiger partial charge in [-0.05, 0) is 98.1 Å². The first-order valence-electron chi connectivity index (χ1n) is 25.6. The van der Waals surface area contributed by atoms with Gasteiger partial charge in [0, 0.05) is 52.6 Å². The molecule has 0 aliphatic heterocycles. The maximum absolute atomic E-state index is 7.35. The SMILES string of the molecule is CC(C)c1cc(-c2ccccc2)cc(C(C)C)c1-n1c(-c2[c-]ccc3c2oc2cc4c(ccc5ccc([Si](C)(C)C)cc54)cc23)nc2ccccc21.[2H]C([2H])([2H])c1c[c-]c(-c2nccc(C(C)(C)C)n2)cc1.[Ir]. The van der Waals surface area contributed by atoms with E-state index in [2.05, 4.69) is 210 Å². The number of rotatable bonds is 7. The molecule has 0 saturated carbocycles. The van der Waals surface area contributed by atoms with E-state index >= 15 is 0 Å². The summed E-state index contributed by atoms with van der Waals surface area (Å²) in [7, 11) is -1.49. The molecule has 353 valence electrons. The molecule has 70 heavy (non-hydrogen) atoms. The molecule has 11 rings (SSSR count). The molecule has 3 heterocycles. The molecule has 5 nitrogen and oxygen atoms in total. The van der Waals surface area contributed by atoms with Crippen LogP contribution in [0.3, 0.4) is 0 Å². The first-order valence-corrected chi connectivity index (χ1v) is 27.6. The molecule has 8 aromatic carbocycles. The Balaban J connectivity index is 0.000000264. The van der Waals surface area contributed by atoms with E-state index in [4.69, 9.17) is 13.5 Å². The van der Waals surface area contributed by atoms with E-state index in [-0.39, 0.29) is 42.9 Å². The molecular formula is C63H60IrN4OSi-2. The van der Waals surface area contributed by atoms with Crippen LogP contribution in [0.1, 0.15) is 86.8 Å². The van der Waals surface area contributed by atoms with Crippen molar-refractivity contribution in [3.8, 4) is 39.6 Å². The number of nitrogens with zero attached hydrogens (tertiary/aromatic N) is 4. The number of furan rings is 1. The molecule has 0 fully saturated rings. The summed E-state index contributed by atoms with van der Waals surface area (Å²) in [5, 5.41) is 8.64. The van der Waals surface area contributed by atoms with E-state index in [0.717, 1.165) is 50.1 Å². The largest absolute Gasteiger partial charge is 0.501 e. The average Bonchev–Trinajstić information content (AvgIpc) is 3.93. The molecule has 0 aliphatic carbocycles. The van der Waals surface area contributed by atoms with Gasteiger partial charge in [0.05, 0.1) is 36.3 Å². The standard InChI is InChI=1S/C48H43N2OSi.C15H17N2.Ir/c1-29(2)38-25-34(31-14-9-8-10-15-31)26-39(30(3)4)46(38)50-44-19-12-11-18-43(44)49-48(50)37-17-13-16-36-42-24-33-21-20-32-22-23-35(52(5,6)7)27-40(32)41(33)28-45(42)51-47(36)37;1-11-5-7-12(8-6-11)14-16-10-9-13(17-14)15(2,3)4;/h8-16,18-30H,1-7H3;5-7,9-10H,1-4H3;/q2*-1;/i;1D3;. The first-order chi connectivity index (χ1) is 34.2. The van der Waals surface area contributed by atoms with Gasteiger partial charge in [-0.3, -0.25) is 15.0 Å². The van der Waals surface area contributed by atoms with Crippen LogP contribution in [0.5, 0.6) is 0 Å². The quantitative estimate of drug-likeness (QED) is 0.0906. The van der Waals surface area contributed by atoms with Crippen LogP contribution in [-0.2, 0) is 25.5 Å². The Hall–Kier alpha value is -6.50. The summed E-state index contributed by atoms with van der Waals surface area (Å²) in [5.41, 5.74) is 12.7. The van der Waals surface area contributed by atoms with Gasteiger partial charge in [0.25, 0.3) is 0 Å². The number of para-hydroxylation sites is 2. The third-order valence-electron chi connectivity index (χ3n) is 13.3. The minimum absolute atomic E-state index is 0. The Kier molecular flexibility index (Phi) is 12.1. The van der Waals surface area contributed by atoms with Crippen LogP contribution in [0.25, 0.3) is 94.1 Å². The zero-order valence-corrected chi connectivity index (χ0v) is 45.0. The zero-order chi connectivity index (χ0) is 50.9. The van der Waals surface area contributed by atoms with E-state index in [0.29, 0.717) is 11.4 Å². The smallest absolute Gasteiger partial charge is 0.121 e. The van der Waals surface area contributed by atoms with Gasteiger partial charge in [-0.25, -0.2) is 0 Å². The zero-order valence-electron chi connectivity index (χ0n) is 44.6. The summed E-state index contributed by atoms with van der Waals surface area (Å²) in [6.45, 7) is 20.6. The number of benzene rings is 8. The van der Waals surface area contributed by atoms with Crippen molar-refractivity contribution < 1.29 is 28.6 Å². The Labute approximate surface area is 431 Å². The van der Waals surface area contributed by atoms with Crippen molar-refractivity contribution in [3.05, 3.63) is 186 Å². The van der Waals surface area contributed by atoms with E-state index in [1.165, 1.54) is 60.7 Å². The van der Waals surface area contributed by atoms with Crippen LogP contribution in [0.15, 0.2) is 156 Å². The maximum atomic E-state index is 7.35. The minimum atomic E-state index is -2.11. The Morgan fingerprint density at radius 2 is 1.37 bits per heavy atom. The van der Waals surface area contributed by atoms with Crippen molar-refractivity contribution in [2.75, 3.05) is 0 Å². The average molecular weight is 1110 g/mol. The minimum Gasteiger partial charge on any atom is -0.501 e. The third-order valence-corrected chi connectivity index (χ3v) is 15.3. The molecule has 0 unspecified atom stereocenters. The molecular weight excluding hydrogens is 1050 g/mol. The predicted molar refractivity (Wildman–Crippen MR) is 294 cm³/mol. The van der Waals surface area contributed by atoms with Crippen molar-refractivity contribution in [2.45, 2.75) is 92.2 Å². The van der Waals surface area contributed by atoms with Gasteiger partial charge in [0.1, 0.15) is 5.58 Å². The van der Waals surface area contributed by atoms with E-state index in [9.17, 15) is 0 Å². The van der Waals surface area contributed by atoms with E-state index in [1.54, 1.807) is 18.3 Å². The van der Waals surface area contributed by atoms with Gasteiger partial charge in [-0.2, -0.15) is 0 Å². The molecule has 0 saturated heterocycles. The van der Waals surface area contributed by atoms with E-state index < -0.39 is 14.9 Å². The topological polar surface area (TPSA) is 56.7 Å². The number of aromatic nitrogens is 4. The second kappa shape index (κ2) is 19.0. The molecule has 0 spiro atoms. The molecule has 11 aromatic rings. The van der Waals surface area contributed by atoms with Crippen molar-refractivity contribution in [3.63, 3.8) is 0 Å². The Morgan fingerprint density at radius 1 is 0.671 bits per heavy atom. The molecule has 1 radical (unpaired) electrons. The Morgan fingerprint density at radius 3 is 2.06 bits per heavy atom. The first kappa shape index (κ1) is 44.7. The van der Waals surface area contributed by atoms with Gasteiger partial charge in [-0.15, -0.1) is 53.6 Å². The van der Waals surface area contributed by atoms with Gasteiger partial charge in [-0.1, -0.05) is 164 Å². The summed E-state index contributed by atoms with van der Waals surface area (Å²) in [4.78, 5) is 14.1. The van der Waals surface area contributed by atoms with Crippen LogP contribution in [0.4, 0.5) is 0 Å². The number of hydrogen-bond donors (Lipinski definition) is 0. The van der Waals surface area contributed by atoms with Gasteiger partial charge in [0.15, 0.2) is 0 Å². The Bertz CT molecular complexity index is 3800. The number of fused-ring (bicyclic) bond motifs is 7. The van der Waals surface area contributed by atoms with Crippen molar-refractivity contribution in [1.82, 2.24) is 19.5 Å². The number of aryl methyl sites for hydroxylation is 1. The molecule has 0 atom stereocenters. The summed E-state index contributed by atoms with van der Waals surface area (Å²) >= 11 is 0. The molecule has 0 bridgehead atoms.